The van der Waals surface area contributed by atoms with Gasteiger partial charge in [0.2, 0.25) is 0 Å². The van der Waals surface area contributed by atoms with Crippen LogP contribution in [-0.2, 0) is 0 Å². The van der Waals surface area contributed by atoms with Crippen LogP contribution in [0.5, 0.6) is 0 Å². The molecule has 0 aliphatic heterocycles. The van der Waals surface area contributed by atoms with Crippen LogP contribution in [0.2, 0.25) is 0 Å². The lowest BCUT2D eigenvalue weighted by atomic mass is 9.85. The molecule has 1 aliphatic carbocycles. The highest BCUT2D eigenvalue weighted by Crippen LogP contribution is 2.43. The van der Waals surface area contributed by atoms with Crippen LogP contribution >= 0.6 is 0 Å². The largest absolute Gasteiger partial charge is 0.388 e. The molecule has 0 bridgehead atoms. The van der Waals surface area contributed by atoms with Crippen molar-refractivity contribution in [1.82, 2.24) is 0 Å². The van der Waals surface area contributed by atoms with Crippen molar-refractivity contribution in [2.75, 3.05) is 0 Å². The molecule has 3 unspecified atom stereocenters. The van der Waals surface area contributed by atoms with Crippen molar-refractivity contribution in [3.05, 3.63) is 11.1 Å². The molecule has 0 aromatic carbocycles. The van der Waals surface area contributed by atoms with E-state index in [0.717, 1.165) is 19.3 Å². The molecular formula is C13H24O. The summed E-state index contributed by atoms with van der Waals surface area (Å²) in [5, 5.41) is 10.2. The fraction of sp³-hybridized carbons (Fsp3) is 0.846. The van der Waals surface area contributed by atoms with Crippen LogP contribution < -0.4 is 0 Å². The second kappa shape index (κ2) is 4.97. The van der Waals surface area contributed by atoms with Crippen LogP contribution in [-0.4, -0.2) is 11.2 Å². The lowest BCUT2D eigenvalue weighted by molar-refractivity contribution is 0.126. The van der Waals surface area contributed by atoms with Crippen LogP contribution in [0.4, 0.5) is 0 Å². The van der Waals surface area contributed by atoms with E-state index in [9.17, 15) is 5.11 Å². The highest BCUT2D eigenvalue weighted by Gasteiger charge is 2.37. The second-order valence-electron chi connectivity index (χ2n) is 4.29. The highest BCUT2D eigenvalue weighted by molar-refractivity contribution is 5.28. The fourth-order valence-corrected chi connectivity index (χ4v) is 3.15. The Bertz CT molecular complexity index is 217. The van der Waals surface area contributed by atoms with Crippen LogP contribution in [0.15, 0.2) is 11.1 Å². The molecular weight excluding hydrogens is 172 g/mol. The van der Waals surface area contributed by atoms with Crippen molar-refractivity contribution >= 4 is 0 Å². The van der Waals surface area contributed by atoms with E-state index in [1.165, 1.54) is 12.0 Å². The summed E-state index contributed by atoms with van der Waals surface area (Å²) in [6.07, 6.45) is 4.28. The summed E-state index contributed by atoms with van der Waals surface area (Å²) in [5.74, 6) is 1.14. The Kier molecular flexibility index (Phi) is 4.18. The van der Waals surface area contributed by atoms with Gasteiger partial charge < -0.3 is 5.11 Å². The molecule has 0 aromatic rings. The average molecular weight is 196 g/mol. The van der Waals surface area contributed by atoms with Gasteiger partial charge in [0.05, 0.1) is 6.10 Å². The van der Waals surface area contributed by atoms with Gasteiger partial charge in [-0.3, -0.25) is 0 Å². The first-order chi connectivity index (χ1) is 6.71. The first kappa shape index (κ1) is 11.8. The van der Waals surface area contributed by atoms with Gasteiger partial charge in [0.25, 0.3) is 0 Å². The van der Waals surface area contributed by atoms with Crippen molar-refractivity contribution in [2.45, 2.75) is 59.5 Å². The lowest BCUT2D eigenvalue weighted by Gasteiger charge is -2.21. The average Bonchev–Trinajstić information content (AvgIpc) is 2.48. The molecule has 0 amide bonds. The third-order valence-electron chi connectivity index (χ3n) is 3.81. The Morgan fingerprint density at radius 2 is 1.50 bits per heavy atom. The van der Waals surface area contributed by atoms with Gasteiger partial charge in [0.1, 0.15) is 0 Å². The molecule has 0 saturated heterocycles. The SMILES string of the molecule is CCC1=C(CC)C(CC)C(CC)C1O. The second-order valence-corrected chi connectivity index (χ2v) is 4.29. The summed E-state index contributed by atoms with van der Waals surface area (Å²) in [5.41, 5.74) is 2.89. The van der Waals surface area contributed by atoms with E-state index in [4.69, 9.17) is 0 Å². The minimum atomic E-state index is -0.148. The van der Waals surface area contributed by atoms with Gasteiger partial charge in [-0.1, -0.05) is 33.3 Å². The van der Waals surface area contributed by atoms with E-state index < -0.39 is 0 Å². The van der Waals surface area contributed by atoms with Crippen molar-refractivity contribution < 1.29 is 5.11 Å². The smallest absolute Gasteiger partial charge is 0.0786 e. The van der Waals surface area contributed by atoms with E-state index in [1.54, 1.807) is 5.57 Å². The Labute approximate surface area is 88.2 Å². The molecule has 0 saturated carbocycles. The van der Waals surface area contributed by atoms with Gasteiger partial charge >= 0.3 is 0 Å². The molecule has 82 valence electrons. The van der Waals surface area contributed by atoms with Gasteiger partial charge in [0.15, 0.2) is 0 Å². The number of hydrogen-bond acceptors (Lipinski definition) is 1. The Hall–Kier alpha value is -0.300. The van der Waals surface area contributed by atoms with Crippen molar-refractivity contribution in [2.24, 2.45) is 11.8 Å². The third kappa shape index (κ3) is 1.75. The van der Waals surface area contributed by atoms with E-state index >= 15 is 0 Å². The molecule has 0 fully saturated rings. The van der Waals surface area contributed by atoms with E-state index in [0.29, 0.717) is 11.8 Å². The minimum Gasteiger partial charge on any atom is -0.388 e. The zero-order valence-corrected chi connectivity index (χ0v) is 10.0. The molecule has 0 spiro atoms. The summed E-state index contributed by atoms with van der Waals surface area (Å²) in [4.78, 5) is 0. The number of aliphatic hydroxyl groups is 1. The summed E-state index contributed by atoms with van der Waals surface area (Å²) in [6.45, 7) is 8.83. The minimum absolute atomic E-state index is 0.148. The van der Waals surface area contributed by atoms with Crippen molar-refractivity contribution in [3.8, 4) is 0 Å². The van der Waals surface area contributed by atoms with Gasteiger partial charge in [-0.15, -0.1) is 0 Å². The molecule has 0 heterocycles. The van der Waals surface area contributed by atoms with Gasteiger partial charge in [-0.05, 0) is 43.1 Å². The zero-order valence-electron chi connectivity index (χ0n) is 10.0. The summed E-state index contributed by atoms with van der Waals surface area (Å²) in [6, 6.07) is 0. The van der Waals surface area contributed by atoms with Gasteiger partial charge in [-0.25, -0.2) is 0 Å². The number of hydrogen-bond donors (Lipinski definition) is 1. The monoisotopic (exact) mass is 196 g/mol. The predicted molar refractivity (Wildman–Crippen MR) is 61.2 cm³/mol. The van der Waals surface area contributed by atoms with Crippen LogP contribution in [0.1, 0.15) is 53.4 Å². The number of rotatable bonds is 4. The first-order valence-corrected chi connectivity index (χ1v) is 6.10. The summed E-state index contributed by atoms with van der Waals surface area (Å²) < 4.78 is 0. The third-order valence-corrected chi connectivity index (χ3v) is 3.81. The van der Waals surface area contributed by atoms with Gasteiger partial charge in [-0.2, -0.15) is 0 Å². The summed E-state index contributed by atoms with van der Waals surface area (Å²) in [7, 11) is 0. The molecule has 1 aliphatic rings. The van der Waals surface area contributed by atoms with Crippen LogP contribution in [0, 0.1) is 11.8 Å². The Balaban J connectivity index is 2.96. The molecule has 0 aromatic heterocycles. The van der Waals surface area contributed by atoms with Crippen molar-refractivity contribution in [3.63, 3.8) is 0 Å². The number of allylic oxidation sites excluding steroid dienone is 1. The molecule has 1 nitrogen and oxygen atoms in total. The van der Waals surface area contributed by atoms with E-state index in [2.05, 4.69) is 27.7 Å². The van der Waals surface area contributed by atoms with Crippen LogP contribution in [0.3, 0.4) is 0 Å². The predicted octanol–water partition coefficient (Wildman–Crippen LogP) is 3.53. The maximum atomic E-state index is 10.2. The highest BCUT2D eigenvalue weighted by atomic mass is 16.3. The normalized spacial score (nSPS) is 32.8. The topological polar surface area (TPSA) is 20.2 Å². The quantitative estimate of drug-likeness (QED) is 0.682. The van der Waals surface area contributed by atoms with Crippen LogP contribution in [0.25, 0.3) is 0 Å². The fourth-order valence-electron chi connectivity index (χ4n) is 3.15. The van der Waals surface area contributed by atoms with Crippen molar-refractivity contribution in [1.29, 1.82) is 0 Å². The van der Waals surface area contributed by atoms with E-state index in [1.807, 2.05) is 0 Å². The maximum Gasteiger partial charge on any atom is 0.0786 e. The maximum absolute atomic E-state index is 10.2. The van der Waals surface area contributed by atoms with Gasteiger partial charge in [0, 0.05) is 0 Å². The molecule has 14 heavy (non-hydrogen) atoms. The zero-order chi connectivity index (χ0) is 10.7. The van der Waals surface area contributed by atoms with E-state index in [-0.39, 0.29) is 6.10 Å². The lowest BCUT2D eigenvalue weighted by Crippen LogP contribution is -2.21. The Morgan fingerprint density at radius 1 is 0.929 bits per heavy atom. The molecule has 1 rings (SSSR count). The molecule has 0 radical (unpaired) electrons. The first-order valence-electron chi connectivity index (χ1n) is 6.10. The Morgan fingerprint density at radius 3 is 1.86 bits per heavy atom. The molecule has 1 heteroatoms. The summed E-state index contributed by atoms with van der Waals surface area (Å²) >= 11 is 0. The number of aliphatic hydroxyl groups excluding tert-OH is 1. The molecule has 1 N–H and O–H groups in total. The molecule has 3 atom stereocenters. The standard InChI is InChI=1S/C13H24O/c1-5-9-10(6-2)12(8-4)13(14)11(9)7-3/h9,11,13-14H,5-8H2,1-4H3.